The number of hydrogen-bond donors (Lipinski definition) is 4. The molecule has 0 bridgehead atoms. The number of alkyl carbamates (subject to hydrolysis) is 2. The predicted octanol–water partition coefficient (Wildman–Crippen LogP) is 1.05. The SMILES string of the molecule is CC(C)(C)OC(=O)NC(C(=O)O)C(=O)O.CCOC(=O)C(NC(=O)OC(C)(C)C)C(=O)OCC. The minimum atomic E-state index is -2.00. The molecule has 0 saturated heterocycles. The van der Waals surface area contributed by atoms with E-state index >= 15 is 0 Å². The smallest absolute Gasteiger partial charge is 0.408 e. The van der Waals surface area contributed by atoms with Crippen molar-refractivity contribution in [1.82, 2.24) is 10.6 Å². The van der Waals surface area contributed by atoms with Crippen molar-refractivity contribution >= 4 is 36.1 Å². The van der Waals surface area contributed by atoms with Gasteiger partial charge in [0.2, 0.25) is 12.1 Å². The summed E-state index contributed by atoms with van der Waals surface area (Å²) in [7, 11) is 0. The number of esters is 2. The lowest BCUT2D eigenvalue weighted by atomic mass is 10.2. The quantitative estimate of drug-likeness (QED) is 0.212. The van der Waals surface area contributed by atoms with E-state index in [-0.39, 0.29) is 13.2 Å². The molecule has 0 rings (SSSR count). The van der Waals surface area contributed by atoms with Crippen LogP contribution < -0.4 is 10.6 Å². The maximum absolute atomic E-state index is 11.6. The standard InChI is InChI=1S/C12H21NO6.C8H13NO6/c1-6-17-9(14)8(10(15)18-7-2)13-11(16)19-12(3,4)5;1-8(2,3)15-7(14)9-4(5(10)11)6(12)13/h8H,6-7H2,1-5H3,(H,13,16);4H,1-3H3,(H,9,14)(H,10,11)(H,12,13). The van der Waals surface area contributed by atoms with Crippen LogP contribution in [0.15, 0.2) is 0 Å². The molecule has 0 fully saturated rings. The monoisotopic (exact) mass is 494 g/mol. The number of aliphatic carboxylic acids is 2. The molecule has 196 valence electrons. The predicted molar refractivity (Wildman–Crippen MR) is 115 cm³/mol. The molecule has 14 nitrogen and oxygen atoms in total. The Morgan fingerprint density at radius 1 is 0.647 bits per heavy atom. The van der Waals surface area contributed by atoms with Crippen LogP contribution in [0, 0.1) is 0 Å². The molecular formula is C20H34N2O12. The number of nitrogens with one attached hydrogen (secondary N) is 2. The minimum absolute atomic E-state index is 0.0880. The van der Waals surface area contributed by atoms with E-state index in [1.54, 1.807) is 60.7 Å². The number of carboxylic acid groups (broad SMARTS) is 2. The van der Waals surface area contributed by atoms with E-state index in [0.717, 1.165) is 0 Å². The normalized spacial score (nSPS) is 10.9. The van der Waals surface area contributed by atoms with Crippen molar-refractivity contribution in [2.45, 2.75) is 78.7 Å². The van der Waals surface area contributed by atoms with E-state index in [1.165, 1.54) is 0 Å². The zero-order valence-corrected chi connectivity index (χ0v) is 20.5. The van der Waals surface area contributed by atoms with E-state index in [1.807, 2.05) is 0 Å². The Balaban J connectivity index is 0. The average Bonchev–Trinajstić information content (AvgIpc) is 2.61. The van der Waals surface area contributed by atoms with Crippen LogP contribution in [-0.4, -0.2) is 82.8 Å². The van der Waals surface area contributed by atoms with E-state index in [0.29, 0.717) is 0 Å². The van der Waals surface area contributed by atoms with Gasteiger partial charge < -0.3 is 29.2 Å². The topological polar surface area (TPSA) is 204 Å². The Morgan fingerprint density at radius 2 is 0.941 bits per heavy atom. The first-order chi connectivity index (χ1) is 15.3. The number of rotatable bonds is 8. The number of ether oxygens (including phenoxy) is 4. The van der Waals surface area contributed by atoms with Gasteiger partial charge in [-0.2, -0.15) is 0 Å². The van der Waals surface area contributed by atoms with Gasteiger partial charge in [-0.15, -0.1) is 0 Å². The fourth-order valence-electron chi connectivity index (χ4n) is 1.75. The molecule has 0 saturated carbocycles. The molecule has 0 radical (unpaired) electrons. The summed E-state index contributed by atoms with van der Waals surface area (Å²) < 4.78 is 19.0. The molecule has 0 spiro atoms. The fraction of sp³-hybridized carbons (Fsp3) is 0.700. The van der Waals surface area contributed by atoms with Gasteiger partial charge >= 0.3 is 36.1 Å². The summed E-state index contributed by atoms with van der Waals surface area (Å²) >= 11 is 0. The van der Waals surface area contributed by atoms with Crippen molar-refractivity contribution in [3.8, 4) is 0 Å². The lowest BCUT2D eigenvalue weighted by Gasteiger charge is -2.22. The van der Waals surface area contributed by atoms with Crippen LogP contribution in [0.4, 0.5) is 9.59 Å². The molecule has 0 unspecified atom stereocenters. The van der Waals surface area contributed by atoms with E-state index in [9.17, 15) is 28.8 Å². The third-order valence-electron chi connectivity index (χ3n) is 2.86. The molecule has 0 aromatic heterocycles. The van der Waals surface area contributed by atoms with E-state index in [4.69, 9.17) is 29.2 Å². The largest absolute Gasteiger partial charge is 0.479 e. The second-order valence-electron chi connectivity index (χ2n) is 8.34. The summed E-state index contributed by atoms with van der Waals surface area (Å²) in [6, 6.07) is -3.52. The van der Waals surface area contributed by atoms with Gasteiger partial charge in [-0.1, -0.05) is 0 Å². The van der Waals surface area contributed by atoms with Crippen LogP contribution >= 0.6 is 0 Å². The van der Waals surface area contributed by atoms with Gasteiger partial charge in [0, 0.05) is 0 Å². The molecule has 2 amide bonds. The highest BCUT2D eigenvalue weighted by Crippen LogP contribution is 2.08. The number of carboxylic acids is 2. The molecule has 4 N–H and O–H groups in total. The van der Waals surface area contributed by atoms with Gasteiger partial charge in [0.25, 0.3) is 0 Å². The summed E-state index contributed by atoms with van der Waals surface area (Å²) in [5, 5.41) is 20.7. The van der Waals surface area contributed by atoms with Gasteiger partial charge in [0.1, 0.15) is 11.2 Å². The molecule has 0 aliphatic heterocycles. The summed E-state index contributed by atoms with van der Waals surface area (Å²) in [6.07, 6.45) is -1.98. The van der Waals surface area contributed by atoms with Crippen molar-refractivity contribution in [1.29, 1.82) is 0 Å². The molecule has 0 atom stereocenters. The summed E-state index contributed by atoms with van der Waals surface area (Å²) in [5.41, 5.74) is -1.55. The number of carbonyl (C=O) groups excluding carboxylic acids is 4. The third-order valence-corrected chi connectivity index (χ3v) is 2.86. The lowest BCUT2D eigenvalue weighted by molar-refractivity contribution is -0.158. The van der Waals surface area contributed by atoms with Gasteiger partial charge in [-0.05, 0) is 55.4 Å². The van der Waals surface area contributed by atoms with Gasteiger partial charge in [0.05, 0.1) is 13.2 Å². The summed E-state index contributed by atoms with van der Waals surface area (Å²) in [6.45, 7) is 13.1. The highest BCUT2D eigenvalue weighted by atomic mass is 16.6. The molecule has 0 aliphatic rings. The number of hydrogen-bond acceptors (Lipinski definition) is 10. The molecule has 14 heteroatoms. The molecule has 0 aromatic carbocycles. The first-order valence-electron chi connectivity index (χ1n) is 10.1. The number of carbonyl (C=O) groups is 6. The van der Waals surface area contributed by atoms with Crippen molar-refractivity contribution in [2.24, 2.45) is 0 Å². The number of amides is 2. The van der Waals surface area contributed by atoms with Crippen LogP contribution in [0.25, 0.3) is 0 Å². The highest BCUT2D eigenvalue weighted by molar-refractivity contribution is 6.01. The van der Waals surface area contributed by atoms with Crippen molar-refractivity contribution in [3.63, 3.8) is 0 Å². The Kier molecular flexibility index (Phi) is 13.9. The Labute approximate surface area is 197 Å². The maximum Gasteiger partial charge on any atom is 0.408 e. The first kappa shape index (κ1) is 32.6. The van der Waals surface area contributed by atoms with Gasteiger partial charge in [-0.3, -0.25) is 10.6 Å². The van der Waals surface area contributed by atoms with Crippen LogP contribution in [0.2, 0.25) is 0 Å². The second-order valence-corrected chi connectivity index (χ2v) is 8.34. The van der Waals surface area contributed by atoms with Gasteiger partial charge in [0.15, 0.2) is 0 Å². The molecule has 0 aliphatic carbocycles. The molecular weight excluding hydrogens is 460 g/mol. The third kappa shape index (κ3) is 16.1. The van der Waals surface area contributed by atoms with Crippen LogP contribution in [0.1, 0.15) is 55.4 Å². The average molecular weight is 494 g/mol. The fourth-order valence-corrected chi connectivity index (χ4v) is 1.75. The Bertz CT molecular complexity index is 705. The zero-order chi connectivity index (χ0) is 27.3. The van der Waals surface area contributed by atoms with Crippen LogP contribution in [-0.2, 0) is 38.1 Å². The van der Waals surface area contributed by atoms with Crippen LogP contribution in [0.3, 0.4) is 0 Å². The Hall–Kier alpha value is -3.58. The first-order valence-corrected chi connectivity index (χ1v) is 10.1. The summed E-state index contributed by atoms with van der Waals surface area (Å²) in [5.74, 6) is -5.08. The van der Waals surface area contributed by atoms with Gasteiger partial charge in [-0.25, -0.2) is 28.8 Å². The Morgan fingerprint density at radius 3 is 1.18 bits per heavy atom. The zero-order valence-electron chi connectivity index (χ0n) is 20.5. The maximum atomic E-state index is 11.6. The highest BCUT2D eigenvalue weighted by Gasteiger charge is 2.33. The molecule has 34 heavy (non-hydrogen) atoms. The molecule has 0 heterocycles. The second kappa shape index (κ2) is 14.5. The molecule has 0 aromatic rings. The van der Waals surface area contributed by atoms with Crippen molar-refractivity contribution in [2.75, 3.05) is 13.2 Å². The van der Waals surface area contributed by atoms with Crippen LogP contribution in [0.5, 0.6) is 0 Å². The van der Waals surface area contributed by atoms with Crippen molar-refractivity contribution < 1.29 is 57.9 Å². The minimum Gasteiger partial charge on any atom is -0.479 e. The lowest BCUT2D eigenvalue weighted by Crippen LogP contribution is -2.49. The van der Waals surface area contributed by atoms with E-state index < -0.39 is 59.3 Å². The van der Waals surface area contributed by atoms with Crippen molar-refractivity contribution in [3.05, 3.63) is 0 Å². The van der Waals surface area contributed by atoms with E-state index in [2.05, 4.69) is 5.32 Å². The summed E-state index contributed by atoms with van der Waals surface area (Å²) in [4.78, 5) is 66.5.